The number of aromatic nitrogens is 1. The number of pyridine rings is 1. The summed E-state index contributed by atoms with van der Waals surface area (Å²) in [6, 6.07) is 8.23. The largest absolute Gasteiger partial charge is 0.472 e. The molecule has 0 aliphatic heterocycles. The molecule has 0 spiro atoms. The summed E-state index contributed by atoms with van der Waals surface area (Å²) in [6.45, 7) is 0.0592. The van der Waals surface area contributed by atoms with Crippen LogP contribution in [0.1, 0.15) is 21.5 Å². The van der Waals surface area contributed by atoms with E-state index in [1.807, 2.05) is 0 Å². The van der Waals surface area contributed by atoms with Crippen molar-refractivity contribution in [1.82, 2.24) is 10.3 Å². The Hall–Kier alpha value is -3.09. The molecule has 25 heavy (non-hydrogen) atoms. The van der Waals surface area contributed by atoms with Crippen molar-refractivity contribution >= 4 is 5.91 Å². The topological polar surface area (TPSA) is 55.1 Å². The molecule has 1 amide bonds. The SMILES string of the molecule is O=C(NCc1cncc(-c2ccoc2)c1)c1ccccc1C(F)(F)F. The van der Waals surface area contributed by atoms with E-state index in [0.29, 0.717) is 5.56 Å². The lowest BCUT2D eigenvalue weighted by molar-refractivity contribution is -0.137. The van der Waals surface area contributed by atoms with E-state index in [4.69, 9.17) is 4.42 Å². The molecule has 3 rings (SSSR count). The Balaban J connectivity index is 1.75. The second-order valence-corrected chi connectivity index (χ2v) is 5.32. The molecule has 4 nitrogen and oxygen atoms in total. The fourth-order valence-electron chi connectivity index (χ4n) is 2.38. The predicted octanol–water partition coefficient (Wildman–Crippen LogP) is 4.29. The Labute approximate surface area is 141 Å². The third kappa shape index (κ3) is 3.88. The summed E-state index contributed by atoms with van der Waals surface area (Å²) < 4.78 is 44.0. The molecule has 7 heteroatoms. The van der Waals surface area contributed by atoms with Crippen LogP contribution in [0.3, 0.4) is 0 Å². The highest BCUT2D eigenvalue weighted by atomic mass is 19.4. The summed E-state index contributed by atoms with van der Waals surface area (Å²) in [6.07, 6.45) is 1.67. The molecule has 128 valence electrons. The number of amides is 1. The van der Waals surface area contributed by atoms with Crippen molar-refractivity contribution < 1.29 is 22.4 Å². The zero-order chi connectivity index (χ0) is 17.9. The number of furan rings is 1. The van der Waals surface area contributed by atoms with E-state index in [0.717, 1.165) is 23.3 Å². The zero-order valence-corrected chi connectivity index (χ0v) is 12.9. The molecule has 1 N–H and O–H groups in total. The maximum absolute atomic E-state index is 13.0. The van der Waals surface area contributed by atoms with Crippen LogP contribution in [0.5, 0.6) is 0 Å². The Kier molecular flexibility index (Phi) is 4.56. The van der Waals surface area contributed by atoms with Crippen molar-refractivity contribution in [2.75, 3.05) is 0 Å². The normalized spacial score (nSPS) is 11.3. The third-order valence-corrected chi connectivity index (χ3v) is 3.58. The molecule has 0 saturated heterocycles. The quantitative estimate of drug-likeness (QED) is 0.767. The molecule has 2 aromatic heterocycles. The van der Waals surface area contributed by atoms with Gasteiger partial charge in [-0.25, -0.2) is 0 Å². The smallest absolute Gasteiger partial charge is 0.417 e. The molecule has 0 atom stereocenters. The van der Waals surface area contributed by atoms with Gasteiger partial charge in [-0.2, -0.15) is 13.2 Å². The summed E-state index contributed by atoms with van der Waals surface area (Å²) in [7, 11) is 0. The van der Waals surface area contributed by atoms with Crippen LogP contribution in [0.15, 0.2) is 65.7 Å². The highest BCUT2D eigenvalue weighted by molar-refractivity contribution is 5.95. The van der Waals surface area contributed by atoms with Gasteiger partial charge in [0.05, 0.1) is 23.7 Å². The number of hydrogen-bond acceptors (Lipinski definition) is 3. The van der Waals surface area contributed by atoms with Crippen molar-refractivity contribution in [3.05, 3.63) is 78.0 Å². The van der Waals surface area contributed by atoms with Gasteiger partial charge in [-0.3, -0.25) is 9.78 Å². The number of carbonyl (C=O) groups excluding carboxylic acids is 1. The molecule has 0 aliphatic carbocycles. The van der Waals surface area contributed by atoms with Crippen LogP contribution >= 0.6 is 0 Å². The van der Waals surface area contributed by atoms with Gasteiger partial charge in [-0.05, 0) is 29.8 Å². The number of halogens is 3. The minimum absolute atomic E-state index is 0.0592. The lowest BCUT2D eigenvalue weighted by atomic mass is 10.1. The number of rotatable bonds is 4. The maximum atomic E-state index is 13.0. The van der Waals surface area contributed by atoms with Crippen molar-refractivity contribution in [3.63, 3.8) is 0 Å². The van der Waals surface area contributed by atoms with Crippen LogP contribution in [0.4, 0.5) is 13.2 Å². The number of nitrogens with zero attached hydrogens (tertiary/aromatic N) is 1. The predicted molar refractivity (Wildman–Crippen MR) is 84.6 cm³/mol. The van der Waals surface area contributed by atoms with Gasteiger partial charge in [-0.15, -0.1) is 0 Å². The average molecular weight is 346 g/mol. The molecular weight excluding hydrogens is 333 g/mol. The van der Waals surface area contributed by atoms with E-state index >= 15 is 0 Å². The van der Waals surface area contributed by atoms with E-state index in [9.17, 15) is 18.0 Å². The van der Waals surface area contributed by atoms with Crippen LogP contribution in [-0.4, -0.2) is 10.9 Å². The molecule has 1 aromatic carbocycles. The summed E-state index contributed by atoms with van der Waals surface area (Å²) >= 11 is 0. The van der Waals surface area contributed by atoms with Crippen molar-refractivity contribution in [2.24, 2.45) is 0 Å². The first kappa shape index (κ1) is 16.8. The highest BCUT2D eigenvalue weighted by Crippen LogP contribution is 2.31. The van der Waals surface area contributed by atoms with Gasteiger partial charge >= 0.3 is 6.18 Å². The molecule has 0 aliphatic rings. The van der Waals surface area contributed by atoms with E-state index in [1.165, 1.54) is 18.4 Å². The number of alkyl halides is 3. The Morgan fingerprint density at radius 3 is 2.64 bits per heavy atom. The molecule has 0 fully saturated rings. The fraction of sp³-hybridized carbons (Fsp3) is 0.111. The van der Waals surface area contributed by atoms with E-state index < -0.39 is 23.2 Å². The molecule has 3 aromatic rings. The summed E-state index contributed by atoms with van der Waals surface area (Å²) in [5, 5.41) is 2.50. The summed E-state index contributed by atoms with van der Waals surface area (Å²) in [5.74, 6) is -0.790. The minimum Gasteiger partial charge on any atom is -0.472 e. The summed E-state index contributed by atoms with van der Waals surface area (Å²) in [5.41, 5.74) is 0.905. The molecule has 0 unspecified atom stereocenters. The lowest BCUT2D eigenvalue weighted by Crippen LogP contribution is -2.25. The van der Waals surface area contributed by atoms with Gasteiger partial charge in [-0.1, -0.05) is 12.1 Å². The van der Waals surface area contributed by atoms with Gasteiger partial charge in [0.1, 0.15) is 0 Å². The van der Waals surface area contributed by atoms with Crippen LogP contribution in [-0.2, 0) is 12.7 Å². The second kappa shape index (κ2) is 6.80. The number of hydrogen-bond donors (Lipinski definition) is 1. The van der Waals surface area contributed by atoms with Crippen LogP contribution in [0.25, 0.3) is 11.1 Å². The first-order chi connectivity index (χ1) is 11.9. The standard InChI is InChI=1S/C18H13F3N2O2/c19-18(20,21)16-4-2-1-3-15(16)17(24)23-9-12-7-14(10-22-8-12)13-5-6-25-11-13/h1-8,10-11H,9H2,(H,23,24). The number of benzene rings is 1. The Bertz CT molecular complexity index is 874. The molecule has 0 bridgehead atoms. The third-order valence-electron chi connectivity index (χ3n) is 3.58. The molecule has 0 saturated carbocycles. The highest BCUT2D eigenvalue weighted by Gasteiger charge is 2.34. The summed E-state index contributed by atoms with van der Waals surface area (Å²) in [4.78, 5) is 16.2. The van der Waals surface area contributed by atoms with Gasteiger partial charge in [0.15, 0.2) is 0 Å². The van der Waals surface area contributed by atoms with Crippen LogP contribution in [0, 0.1) is 0 Å². The first-order valence-electron chi connectivity index (χ1n) is 7.36. The monoisotopic (exact) mass is 346 g/mol. The molecular formula is C18H13F3N2O2. The Morgan fingerprint density at radius 2 is 1.92 bits per heavy atom. The van der Waals surface area contributed by atoms with Gasteiger partial charge in [0, 0.05) is 30.1 Å². The van der Waals surface area contributed by atoms with E-state index in [2.05, 4.69) is 10.3 Å². The fourth-order valence-corrected chi connectivity index (χ4v) is 2.38. The van der Waals surface area contributed by atoms with E-state index in [-0.39, 0.29) is 6.54 Å². The minimum atomic E-state index is -4.59. The second-order valence-electron chi connectivity index (χ2n) is 5.32. The van der Waals surface area contributed by atoms with Crippen molar-refractivity contribution in [3.8, 4) is 11.1 Å². The van der Waals surface area contributed by atoms with Crippen LogP contribution in [0.2, 0.25) is 0 Å². The number of carbonyl (C=O) groups is 1. The molecule has 2 heterocycles. The van der Waals surface area contributed by atoms with Crippen molar-refractivity contribution in [2.45, 2.75) is 12.7 Å². The lowest BCUT2D eigenvalue weighted by Gasteiger charge is -2.12. The van der Waals surface area contributed by atoms with Gasteiger partial charge in [0.2, 0.25) is 0 Å². The Morgan fingerprint density at radius 1 is 1.12 bits per heavy atom. The zero-order valence-electron chi connectivity index (χ0n) is 12.9. The van der Waals surface area contributed by atoms with Crippen LogP contribution < -0.4 is 5.32 Å². The van der Waals surface area contributed by atoms with Gasteiger partial charge in [0.25, 0.3) is 5.91 Å². The van der Waals surface area contributed by atoms with Gasteiger partial charge < -0.3 is 9.73 Å². The average Bonchev–Trinajstić information content (AvgIpc) is 3.14. The van der Waals surface area contributed by atoms with Crippen molar-refractivity contribution in [1.29, 1.82) is 0 Å². The number of nitrogens with one attached hydrogen (secondary N) is 1. The van der Waals surface area contributed by atoms with E-state index in [1.54, 1.807) is 30.8 Å². The first-order valence-corrected chi connectivity index (χ1v) is 7.36. The molecule has 0 radical (unpaired) electrons. The maximum Gasteiger partial charge on any atom is 0.417 e.